The number of rotatable bonds is 5. The van der Waals surface area contributed by atoms with Gasteiger partial charge in [-0.05, 0) is 73.6 Å². The van der Waals surface area contributed by atoms with Crippen LogP contribution in [0.5, 0.6) is 11.5 Å². The molecule has 0 aliphatic rings. The van der Waals surface area contributed by atoms with Crippen LogP contribution < -0.4 is 25.6 Å². The number of hydrogen-bond donors (Lipinski definition) is 3. The SMILES string of the molecule is COc1ccc(C(=O)NC(=S)NNC(=O)COc2cc(C)cc(C)c2)cc1. The highest BCUT2D eigenvalue weighted by molar-refractivity contribution is 7.80. The number of methoxy groups -OCH3 is 1. The molecule has 0 saturated heterocycles. The molecule has 0 saturated carbocycles. The van der Waals surface area contributed by atoms with Crippen molar-refractivity contribution in [3.8, 4) is 11.5 Å². The fourth-order valence-electron chi connectivity index (χ4n) is 2.28. The molecule has 0 heterocycles. The zero-order valence-electron chi connectivity index (χ0n) is 15.3. The number of hydrogen-bond acceptors (Lipinski definition) is 5. The predicted octanol–water partition coefficient (Wildman–Crippen LogP) is 2.03. The van der Waals surface area contributed by atoms with Gasteiger partial charge in [0.15, 0.2) is 11.7 Å². The highest BCUT2D eigenvalue weighted by Gasteiger charge is 2.09. The lowest BCUT2D eigenvalue weighted by molar-refractivity contribution is -0.123. The van der Waals surface area contributed by atoms with E-state index < -0.39 is 11.8 Å². The predicted molar refractivity (Wildman–Crippen MR) is 106 cm³/mol. The van der Waals surface area contributed by atoms with Crippen molar-refractivity contribution in [2.45, 2.75) is 13.8 Å². The number of nitrogens with one attached hydrogen (secondary N) is 3. The van der Waals surface area contributed by atoms with Crippen molar-refractivity contribution in [1.82, 2.24) is 16.2 Å². The van der Waals surface area contributed by atoms with Crippen LogP contribution in [-0.4, -0.2) is 30.6 Å². The Morgan fingerprint density at radius 1 is 0.963 bits per heavy atom. The summed E-state index contributed by atoms with van der Waals surface area (Å²) in [5.41, 5.74) is 7.33. The first-order valence-corrected chi connectivity index (χ1v) is 8.53. The molecule has 2 aromatic rings. The molecule has 2 rings (SSSR count). The number of carbonyl (C=O) groups excluding carboxylic acids is 2. The molecule has 0 fully saturated rings. The third-order valence-electron chi connectivity index (χ3n) is 3.46. The Bertz CT molecular complexity index is 817. The first-order valence-electron chi connectivity index (χ1n) is 8.12. The van der Waals surface area contributed by atoms with Crippen molar-refractivity contribution in [1.29, 1.82) is 0 Å². The number of thiocarbonyl (C=S) groups is 1. The lowest BCUT2D eigenvalue weighted by Gasteiger charge is -2.12. The van der Waals surface area contributed by atoms with Gasteiger partial charge in [0.05, 0.1) is 7.11 Å². The Morgan fingerprint density at radius 3 is 2.19 bits per heavy atom. The van der Waals surface area contributed by atoms with E-state index in [1.54, 1.807) is 31.4 Å². The molecule has 0 bridgehead atoms. The van der Waals surface area contributed by atoms with E-state index in [0.717, 1.165) is 11.1 Å². The van der Waals surface area contributed by atoms with Crippen LogP contribution in [0.3, 0.4) is 0 Å². The van der Waals surface area contributed by atoms with Crippen molar-refractivity contribution in [2.75, 3.05) is 13.7 Å². The zero-order valence-corrected chi connectivity index (χ0v) is 16.1. The highest BCUT2D eigenvalue weighted by Crippen LogP contribution is 2.15. The minimum Gasteiger partial charge on any atom is -0.497 e. The molecule has 27 heavy (non-hydrogen) atoms. The Balaban J connectivity index is 1.75. The molecule has 0 aromatic heterocycles. The lowest BCUT2D eigenvalue weighted by atomic mass is 10.1. The van der Waals surface area contributed by atoms with Crippen LogP contribution in [0, 0.1) is 13.8 Å². The molecule has 0 atom stereocenters. The monoisotopic (exact) mass is 387 g/mol. The van der Waals surface area contributed by atoms with Crippen molar-refractivity contribution >= 4 is 29.1 Å². The van der Waals surface area contributed by atoms with E-state index in [2.05, 4.69) is 16.2 Å². The van der Waals surface area contributed by atoms with Gasteiger partial charge in [0.1, 0.15) is 11.5 Å². The van der Waals surface area contributed by atoms with Crippen LogP contribution in [-0.2, 0) is 4.79 Å². The second kappa shape index (κ2) is 9.54. The van der Waals surface area contributed by atoms with Gasteiger partial charge >= 0.3 is 0 Å². The average molecular weight is 387 g/mol. The quantitative estimate of drug-likeness (QED) is 0.537. The third-order valence-corrected chi connectivity index (χ3v) is 3.66. The summed E-state index contributed by atoms with van der Waals surface area (Å²) in [6.45, 7) is 3.71. The molecule has 0 aliphatic heterocycles. The van der Waals surface area contributed by atoms with Crippen LogP contribution in [0.15, 0.2) is 42.5 Å². The van der Waals surface area contributed by atoms with Gasteiger partial charge in [0, 0.05) is 5.56 Å². The molecular formula is C19H21N3O4S. The highest BCUT2D eigenvalue weighted by atomic mass is 32.1. The summed E-state index contributed by atoms with van der Waals surface area (Å²) in [6, 6.07) is 12.2. The minimum atomic E-state index is -0.435. The van der Waals surface area contributed by atoms with E-state index in [1.165, 1.54) is 0 Å². The summed E-state index contributed by atoms with van der Waals surface area (Å²) >= 11 is 4.99. The summed E-state index contributed by atoms with van der Waals surface area (Å²) in [5, 5.41) is 2.43. The van der Waals surface area contributed by atoms with E-state index >= 15 is 0 Å². The molecule has 3 N–H and O–H groups in total. The Labute approximate surface area is 163 Å². The molecule has 0 spiro atoms. The van der Waals surface area contributed by atoms with Gasteiger partial charge in [-0.15, -0.1) is 0 Å². The van der Waals surface area contributed by atoms with Gasteiger partial charge in [-0.25, -0.2) is 0 Å². The van der Waals surface area contributed by atoms with Gasteiger partial charge in [-0.2, -0.15) is 0 Å². The Morgan fingerprint density at radius 2 is 1.59 bits per heavy atom. The van der Waals surface area contributed by atoms with E-state index in [1.807, 2.05) is 32.0 Å². The van der Waals surface area contributed by atoms with Gasteiger partial charge in [0.2, 0.25) is 0 Å². The summed E-state index contributed by atoms with van der Waals surface area (Å²) in [6.07, 6.45) is 0. The summed E-state index contributed by atoms with van der Waals surface area (Å²) < 4.78 is 10.5. The second-order valence-electron chi connectivity index (χ2n) is 5.80. The first kappa shape index (κ1) is 20.2. The van der Waals surface area contributed by atoms with Crippen LogP contribution in [0.1, 0.15) is 21.5 Å². The number of amides is 2. The average Bonchev–Trinajstić information content (AvgIpc) is 2.64. The van der Waals surface area contributed by atoms with Crippen molar-refractivity contribution < 1.29 is 19.1 Å². The number of benzene rings is 2. The van der Waals surface area contributed by atoms with Crippen molar-refractivity contribution in [2.24, 2.45) is 0 Å². The number of carbonyl (C=O) groups is 2. The molecule has 2 aromatic carbocycles. The topological polar surface area (TPSA) is 88.7 Å². The van der Waals surface area contributed by atoms with E-state index in [4.69, 9.17) is 21.7 Å². The molecule has 8 heteroatoms. The summed E-state index contributed by atoms with van der Waals surface area (Å²) in [7, 11) is 1.54. The van der Waals surface area contributed by atoms with Crippen LogP contribution in [0.2, 0.25) is 0 Å². The van der Waals surface area contributed by atoms with E-state index in [0.29, 0.717) is 17.1 Å². The standard InChI is InChI=1S/C19H21N3O4S/c1-12-8-13(2)10-16(9-12)26-11-17(23)21-22-19(27)20-18(24)14-4-6-15(25-3)7-5-14/h4-10H,11H2,1-3H3,(H,21,23)(H2,20,22,24,27). The molecule has 2 amide bonds. The third kappa shape index (κ3) is 6.59. The van der Waals surface area contributed by atoms with Gasteiger partial charge in [-0.3, -0.25) is 25.8 Å². The van der Waals surface area contributed by atoms with Crippen LogP contribution in [0.4, 0.5) is 0 Å². The normalized spacial score (nSPS) is 9.89. The largest absolute Gasteiger partial charge is 0.497 e. The molecule has 0 unspecified atom stereocenters. The van der Waals surface area contributed by atoms with Crippen LogP contribution in [0.25, 0.3) is 0 Å². The molecule has 0 aliphatic carbocycles. The second-order valence-corrected chi connectivity index (χ2v) is 6.21. The minimum absolute atomic E-state index is 0.0319. The maximum absolute atomic E-state index is 12.1. The van der Waals surface area contributed by atoms with Gasteiger partial charge in [-0.1, -0.05) is 6.07 Å². The Kier molecular flexibility index (Phi) is 7.13. The molecular weight excluding hydrogens is 366 g/mol. The fraction of sp³-hybridized carbons (Fsp3) is 0.211. The number of aryl methyl sites for hydroxylation is 2. The zero-order chi connectivity index (χ0) is 19.8. The van der Waals surface area contributed by atoms with Crippen molar-refractivity contribution in [3.05, 3.63) is 59.2 Å². The molecule has 142 valence electrons. The van der Waals surface area contributed by atoms with Gasteiger partial charge in [0.25, 0.3) is 11.8 Å². The first-order chi connectivity index (χ1) is 12.9. The van der Waals surface area contributed by atoms with Crippen molar-refractivity contribution in [3.63, 3.8) is 0 Å². The maximum atomic E-state index is 12.1. The van der Waals surface area contributed by atoms with Gasteiger partial charge < -0.3 is 9.47 Å². The van der Waals surface area contributed by atoms with E-state index in [9.17, 15) is 9.59 Å². The van der Waals surface area contributed by atoms with E-state index in [-0.39, 0.29) is 11.7 Å². The lowest BCUT2D eigenvalue weighted by Crippen LogP contribution is -2.49. The Hall–Kier alpha value is -3.13. The smallest absolute Gasteiger partial charge is 0.276 e. The maximum Gasteiger partial charge on any atom is 0.276 e. The fourth-order valence-corrected chi connectivity index (χ4v) is 2.42. The van der Waals surface area contributed by atoms with Crippen LogP contribution >= 0.6 is 12.2 Å². The summed E-state index contributed by atoms with van der Waals surface area (Å²) in [4.78, 5) is 23.9. The summed E-state index contributed by atoms with van der Waals surface area (Å²) in [5.74, 6) is 0.410. The molecule has 0 radical (unpaired) electrons. The molecule has 7 nitrogen and oxygen atoms in total. The number of hydrazine groups is 1. The number of ether oxygens (including phenoxy) is 2.